The molecule has 2 aliphatic rings. The molecule has 1 aliphatic carbocycles. The monoisotopic (exact) mass is 394 g/mol. The van der Waals surface area contributed by atoms with Crippen LogP contribution in [0, 0.1) is 5.92 Å². The number of hydrogen-bond donors (Lipinski definition) is 1. The highest BCUT2D eigenvalue weighted by Crippen LogP contribution is 2.33. The van der Waals surface area contributed by atoms with Crippen LogP contribution >= 0.6 is 0 Å². The fourth-order valence-electron chi connectivity index (χ4n) is 4.21. The van der Waals surface area contributed by atoms with Crippen molar-refractivity contribution in [3.63, 3.8) is 0 Å². The molecule has 1 N–H and O–H groups in total. The van der Waals surface area contributed by atoms with Gasteiger partial charge in [-0.25, -0.2) is 8.42 Å². The van der Waals surface area contributed by atoms with Crippen LogP contribution in [0.15, 0.2) is 29.2 Å². The number of rotatable bonds is 3. The molecule has 27 heavy (non-hydrogen) atoms. The maximum absolute atomic E-state index is 13.5. The number of benzene rings is 1. The average Bonchev–Trinajstić information content (AvgIpc) is 2.73. The molecule has 6 nitrogen and oxygen atoms in total. The predicted octanol–water partition coefficient (Wildman–Crippen LogP) is 2.93. The number of hydrogen-bond acceptors (Lipinski definition) is 4. The summed E-state index contributed by atoms with van der Waals surface area (Å²) in [7, 11) is -2.17. The summed E-state index contributed by atoms with van der Waals surface area (Å²) in [4.78, 5) is 13.0. The summed E-state index contributed by atoms with van der Waals surface area (Å²) in [6.45, 7) is 1.15. The van der Waals surface area contributed by atoms with Crippen LogP contribution in [0.1, 0.15) is 51.4 Å². The van der Waals surface area contributed by atoms with E-state index >= 15 is 0 Å². The summed E-state index contributed by atoms with van der Waals surface area (Å²) < 4.78 is 33.8. The molecule has 0 radical (unpaired) electrons. The Morgan fingerprint density at radius 3 is 2.67 bits per heavy atom. The number of carbonyl (C=O) groups is 1. The Morgan fingerprint density at radius 2 is 1.85 bits per heavy atom. The molecule has 1 aliphatic heterocycles. The quantitative estimate of drug-likeness (QED) is 0.855. The second kappa shape index (κ2) is 9.06. The fraction of sp³-hybridized carbons (Fsp3) is 0.650. The van der Waals surface area contributed by atoms with Crippen molar-refractivity contribution >= 4 is 15.9 Å². The van der Waals surface area contributed by atoms with Gasteiger partial charge in [-0.2, -0.15) is 4.31 Å². The van der Waals surface area contributed by atoms with Crippen molar-refractivity contribution in [1.82, 2.24) is 9.62 Å². The molecule has 1 amide bonds. The van der Waals surface area contributed by atoms with Crippen LogP contribution in [-0.2, 0) is 14.8 Å². The first kappa shape index (κ1) is 20.1. The lowest BCUT2D eigenvalue weighted by molar-refractivity contribution is -0.127. The number of ether oxygens (including phenoxy) is 1. The number of fused-ring (bicyclic) bond motifs is 1. The molecule has 150 valence electrons. The summed E-state index contributed by atoms with van der Waals surface area (Å²) in [5.74, 6) is 0.261. The summed E-state index contributed by atoms with van der Waals surface area (Å²) in [5, 5.41) is 3.03. The first-order valence-electron chi connectivity index (χ1n) is 9.97. The molecule has 2 atom stereocenters. The van der Waals surface area contributed by atoms with Crippen LogP contribution in [0.3, 0.4) is 0 Å². The maximum atomic E-state index is 13.5. The standard InChI is InChI=1S/C20H30N2O4S/c1-26-16-9-8-10-17(15-16)27(24,25)22-14-7-3-2-6-13-21-20(23)18-11-4-5-12-19(18)22/h8-10,15,18-19H,2-7,11-14H2,1H3,(H,21,23). The summed E-state index contributed by atoms with van der Waals surface area (Å²) >= 11 is 0. The molecule has 1 saturated heterocycles. The van der Waals surface area contributed by atoms with E-state index in [0.717, 1.165) is 51.4 Å². The number of sulfonamides is 1. The van der Waals surface area contributed by atoms with Gasteiger partial charge in [0.05, 0.1) is 17.9 Å². The molecule has 7 heteroatoms. The molecule has 0 spiro atoms. The van der Waals surface area contributed by atoms with Crippen molar-refractivity contribution in [2.45, 2.75) is 62.3 Å². The first-order valence-corrected chi connectivity index (χ1v) is 11.4. The third-order valence-corrected chi connectivity index (χ3v) is 7.61. The van der Waals surface area contributed by atoms with Gasteiger partial charge in [-0.1, -0.05) is 31.7 Å². The van der Waals surface area contributed by atoms with Gasteiger partial charge in [-0.3, -0.25) is 4.79 Å². The van der Waals surface area contributed by atoms with Crippen molar-refractivity contribution in [3.8, 4) is 5.75 Å². The zero-order chi connectivity index (χ0) is 19.3. The summed E-state index contributed by atoms with van der Waals surface area (Å²) in [6, 6.07) is 6.35. The summed E-state index contributed by atoms with van der Waals surface area (Å²) in [5.41, 5.74) is 0. The Bertz CT molecular complexity index is 750. The van der Waals surface area contributed by atoms with Gasteiger partial charge in [-0.15, -0.1) is 0 Å². The van der Waals surface area contributed by atoms with Crippen molar-refractivity contribution < 1.29 is 17.9 Å². The maximum Gasteiger partial charge on any atom is 0.243 e. The molecule has 2 fully saturated rings. The van der Waals surface area contributed by atoms with E-state index in [4.69, 9.17) is 4.74 Å². The fourth-order valence-corrected chi connectivity index (χ4v) is 5.98. The predicted molar refractivity (Wildman–Crippen MR) is 104 cm³/mol. The Labute approximate surface area is 162 Å². The molecule has 0 aromatic heterocycles. The third-order valence-electron chi connectivity index (χ3n) is 5.69. The van der Waals surface area contributed by atoms with Crippen LogP contribution < -0.4 is 10.1 Å². The highest BCUT2D eigenvalue weighted by Gasteiger charge is 2.40. The lowest BCUT2D eigenvalue weighted by Gasteiger charge is -2.38. The van der Waals surface area contributed by atoms with E-state index < -0.39 is 10.0 Å². The van der Waals surface area contributed by atoms with Gasteiger partial charge < -0.3 is 10.1 Å². The van der Waals surface area contributed by atoms with Crippen LogP contribution in [0.4, 0.5) is 0 Å². The number of carbonyl (C=O) groups excluding carboxylic acids is 1. The Hall–Kier alpha value is -1.60. The van der Waals surface area contributed by atoms with Gasteiger partial charge in [0.1, 0.15) is 5.75 Å². The minimum absolute atomic E-state index is 0.00689. The topological polar surface area (TPSA) is 75.7 Å². The molecular weight excluding hydrogens is 364 g/mol. The minimum Gasteiger partial charge on any atom is -0.497 e. The number of nitrogens with zero attached hydrogens (tertiary/aromatic N) is 1. The van der Waals surface area contributed by atoms with Gasteiger partial charge in [0, 0.05) is 25.2 Å². The van der Waals surface area contributed by atoms with Crippen molar-refractivity contribution in [3.05, 3.63) is 24.3 Å². The normalized spacial score (nSPS) is 25.7. The van der Waals surface area contributed by atoms with Crippen molar-refractivity contribution in [1.29, 1.82) is 0 Å². The van der Waals surface area contributed by atoms with Crippen molar-refractivity contribution in [2.75, 3.05) is 20.2 Å². The largest absolute Gasteiger partial charge is 0.497 e. The van der Waals surface area contributed by atoms with Gasteiger partial charge in [-0.05, 0) is 37.8 Å². The zero-order valence-electron chi connectivity index (χ0n) is 16.0. The number of nitrogens with one attached hydrogen (secondary N) is 1. The molecular formula is C20H30N2O4S. The van der Waals surface area contributed by atoms with E-state index in [1.165, 1.54) is 7.11 Å². The molecule has 1 aromatic rings. The minimum atomic E-state index is -3.69. The Kier molecular flexibility index (Phi) is 6.76. The van der Waals surface area contributed by atoms with E-state index in [1.54, 1.807) is 28.6 Å². The van der Waals surface area contributed by atoms with Gasteiger partial charge >= 0.3 is 0 Å². The van der Waals surface area contributed by atoms with E-state index in [1.807, 2.05) is 0 Å². The SMILES string of the molecule is COc1cccc(S(=O)(=O)N2CCCCCCNC(=O)C3CCCCC32)c1. The van der Waals surface area contributed by atoms with Gasteiger partial charge in [0.25, 0.3) is 0 Å². The van der Waals surface area contributed by atoms with Gasteiger partial charge in [0.2, 0.25) is 15.9 Å². The first-order chi connectivity index (χ1) is 13.0. The second-order valence-electron chi connectivity index (χ2n) is 7.46. The Balaban J connectivity index is 1.97. The van der Waals surface area contributed by atoms with Crippen LogP contribution in [0.2, 0.25) is 0 Å². The van der Waals surface area contributed by atoms with Crippen molar-refractivity contribution in [2.24, 2.45) is 5.92 Å². The summed E-state index contributed by atoms with van der Waals surface area (Å²) in [6.07, 6.45) is 7.16. The van der Waals surface area contributed by atoms with E-state index in [9.17, 15) is 13.2 Å². The van der Waals surface area contributed by atoms with Gasteiger partial charge in [0.15, 0.2) is 0 Å². The molecule has 1 aromatic carbocycles. The lowest BCUT2D eigenvalue weighted by Crippen LogP contribution is -2.51. The van der Waals surface area contributed by atoms with Crippen LogP contribution in [0.5, 0.6) is 5.75 Å². The highest BCUT2D eigenvalue weighted by atomic mass is 32.2. The lowest BCUT2D eigenvalue weighted by atomic mass is 9.83. The van der Waals surface area contributed by atoms with E-state index in [0.29, 0.717) is 18.8 Å². The molecule has 1 heterocycles. The van der Waals surface area contributed by atoms with E-state index in [2.05, 4.69) is 5.32 Å². The van der Waals surface area contributed by atoms with Crippen LogP contribution in [0.25, 0.3) is 0 Å². The second-order valence-corrected chi connectivity index (χ2v) is 9.35. The average molecular weight is 395 g/mol. The molecule has 2 unspecified atom stereocenters. The number of amides is 1. The smallest absolute Gasteiger partial charge is 0.243 e. The molecule has 1 saturated carbocycles. The number of methoxy groups -OCH3 is 1. The highest BCUT2D eigenvalue weighted by molar-refractivity contribution is 7.89. The third kappa shape index (κ3) is 4.63. The molecule has 3 rings (SSSR count). The molecule has 0 bridgehead atoms. The zero-order valence-corrected chi connectivity index (χ0v) is 16.8. The van der Waals surface area contributed by atoms with Crippen LogP contribution in [-0.4, -0.2) is 44.9 Å². The Morgan fingerprint density at radius 1 is 1.07 bits per heavy atom. The van der Waals surface area contributed by atoms with E-state index in [-0.39, 0.29) is 22.8 Å².